The monoisotopic (exact) mass is 650 g/mol. The Labute approximate surface area is 295 Å². The van der Waals surface area contributed by atoms with Crippen LogP contribution in [-0.4, -0.2) is 14.8 Å². The molecule has 9 aromatic rings. The fourth-order valence-corrected chi connectivity index (χ4v) is 8.57. The fourth-order valence-electron chi connectivity index (χ4n) is 8.57. The van der Waals surface area contributed by atoms with Crippen LogP contribution in [0, 0.1) is 0 Å². The topological polar surface area (TPSA) is 12.9 Å². The normalized spacial score (nSPS) is 15.0. The molecular weight excluding hydrogens is 619 g/mol. The van der Waals surface area contributed by atoms with Gasteiger partial charge in [0.1, 0.15) is 11.6 Å². The average molecular weight is 651 g/mol. The van der Waals surface area contributed by atoms with E-state index in [0.29, 0.717) is 0 Å². The van der Waals surface area contributed by atoms with Crippen LogP contribution >= 0.6 is 0 Å². The molecular formula is C48H32N3+. The van der Waals surface area contributed by atoms with Gasteiger partial charge in [0.05, 0.1) is 16.6 Å². The Balaban J connectivity index is 1.24. The third-order valence-corrected chi connectivity index (χ3v) is 10.8. The molecule has 0 spiro atoms. The first-order valence-corrected chi connectivity index (χ1v) is 17.6. The van der Waals surface area contributed by atoms with Crippen molar-refractivity contribution in [2.24, 2.45) is 0 Å². The molecule has 11 rings (SSSR count). The van der Waals surface area contributed by atoms with Gasteiger partial charge in [-0.25, -0.2) is 0 Å². The lowest BCUT2D eigenvalue weighted by Crippen LogP contribution is -2.30. The molecule has 3 nitrogen and oxygen atoms in total. The number of hydrogen-bond donors (Lipinski definition) is 0. The molecule has 1 atom stereocenters. The zero-order valence-corrected chi connectivity index (χ0v) is 27.8. The number of aromatic nitrogens is 2. The van der Waals surface area contributed by atoms with Crippen LogP contribution in [0.4, 0.5) is 11.4 Å². The largest absolute Gasteiger partial charge is 0.318 e. The van der Waals surface area contributed by atoms with Crippen LogP contribution in [0.5, 0.6) is 0 Å². The number of hydrogen-bond acceptors (Lipinski definition) is 0. The summed E-state index contributed by atoms with van der Waals surface area (Å²) in [6.45, 7) is 0. The summed E-state index contributed by atoms with van der Waals surface area (Å²) in [6.07, 6.45) is 8.98. The Morgan fingerprint density at radius 1 is 0.451 bits per heavy atom. The number of nitrogens with zero attached hydrogens (tertiary/aromatic N) is 3. The summed E-state index contributed by atoms with van der Waals surface area (Å²) in [6, 6.07) is 59.9. The SMILES string of the molecule is C1=CC2=[N+](c3ccccc3)c3cccc4c5cc6c7ccccc7n(-c7cc(-c8ccccc8)cc(-c8ccccc8)c7)c6cc5n(c34)C2C=C1. The fraction of sp³-hybridized carbons (Fsp3) is 0.0208. The first-order valence-electron chi connectivity index (χ1n) is 17.6. The van der Waals surface area contributed by atoms with Gasteiger partial charge in [-0.2, -0.15) is 4.58 Å². The molecule has 0 saturated heterocycles. The number of benzene rings is 7. The maximum atomic E-state index is 2.58. The van der Waals surface area contributed by atoms with Crippen LogP contribution in [0.25, 0.3) is 71.6 Å². The van der Waals surface area contributed by atoms with Gasteiger partial charge in [0.25, 0.3) is 0 Å². The van der Waals surface area contributed by atoms with Gasteiger partial charge in [0, 0.05) is 51.5 Å². The van der Waals surface area contributed by atoms with Crippen LogP contribution in [0.1, 0.15) is 6.04 Å². The smallest absolute Gasteiger partial charge is 0.235 e. The summed E-state index contributed by atoms with van der Waals surface area (Å²) >= 11 is 0. The highest BCUT2D eigenvalue weighted by atomic mass is 15.2. The molecule has 1 unspecified atom stereocenters. The van der Waals surface area contributed by atoms with Gasteiger partial charge in [-0.15, -0.1) is 0 Å². The minimum Gasteiger partial charge on any atom is -0.318 e. The van der Waals surface area contributed by atoms with E-state index in [1.807, 2.05) is 0 Å². The highest BCUT2D eigenvalue weighted by Gasteiger charge is 2.37. The van der Waals surface area contributed by atoms with Crippen LogP contribution < -0.4 is 4.58 Å². The van der Waals surface area contributed by atoms with Crippen molar-refractivity contribution in [3.8, 4) is 27.9 Å². The number of allylic oxidation sites excluding steroid dienone is 4. The van der Waals surface area contributed by atoms with Crippen molar-refractivity contribution in [3.05, 3.63) is 188 Å². The Kier molecular flexibility index (Phi) is 6.02. The molecule has 2 aliphatic rings. The third kappa shape index (κ3) is 4.15. The lowest BCUT2D eigenvalue weighted by atomic mass is 9.98. The van der Waals surface area contributed by atoms with Crippen molar-refractivity contribution in [1.82, 2.24) is 13.7 Å². The molecule has 0 radical (unpaired) electrons. The summed E-state index contributed by atoms with van der Waals surface area (Å²) < 4.78 is 7.50. The van der Waals surface area contributed by atoms with Gasteiger partial charge < -0.3 is 9.13 Å². The molecule has 0 saturated carbocycles. The van der Waals surface area contributed by atoms with Gasteiger partial charge in [-0.05, 0) is 58.7 Å². The van der Waals surface area contributed by atoms with Crippen molar-refractivity contribution >= 4 is 60.7 Å². The van der Waals surface area contributed by atoms with E-state index in [2.05, 4.69) is 202 Å². The van der Waals surface area contributed by atoms with Crippen molar-refractivity contribution in [3.63, 3.8) is 0 Å². The molecule has 0 N–H and O–H groups in total. The molecule has 3 heterocycles. The molecule has 0 bridgehead atoms. The maximum Gasteiger partial charge on any atom is 0.235 e. The van der Waals surface area contributed by atoms with Crippen molar-refractivity contribution < 1.29 is 0 Å². The van der Waals surface area contributed by atoms with Gasteiger partial charge in [-0.3, -0.25) is 0 Å². The number of rotatable bonds is 4. The molecule has 1 aliphatic carbocycles. The molecule has 3 heteroatoms. The van der Waals surface area contributed by atoms with E-state index in [1.165, 1.54) is 83.0 Å². The van der Waals surface area contributed by atoms with E-state index in [-0.39, 0.29) is 6.04 Å². The van der Waals surface area contributed by atoms with Gasteiger partial charge in [0.2, 0.25) is 17.1 Å². The number of fused-ring (bicyclic) bond motifs is 8. The Morgan fingerprint density at radius 2 is 1.10 bits per heavy atom. The van der Waals surface area contributed by atoms with Gasteiger partial charge in [-0.1, -0.05) is 127 Å². The van der Waals surface area contributed by atoms with Crippen LogP contribution in [0.15, 0.2) is 188 Å². The van der Waals surface area contributed by atoms with Crippen molar-refractivity contribution in [2.75, 3.05) is 0 Å². The molecule has 0 fully saturated rings. The van der Waals surface area contributed by atoms with E-state index >= 15 is 0 Å². The first-order chi connectivity index (χ1) is 25.3. The van der Waals surface area contributed by atoms with E-state index in [9.17, 15) is 0 Å². The lowest BCUT2D eigenvalue weighted by molar-refractivity contribution is 0.781. The maximum absolute atomic E-state index is 2.58. The van der Waals surface area contributed by atoms with E-state index in [1.54, 1.807) is 0 Å². The minimum atomic E-state index is 0.0616. The molecule has 51 heavy (non-hydrogen) atoms. The second kappa shape index (κ2) is 10.9. The molecule has 0 amide bonds. The zero-order chi connectivity index (χ0) is 33.5. The zero-order valence-electron chi connectivity index (χ0n) is 27.8. The Morgan fingerprint density at radius 3 is 1.84 bits per heavy atom. The standard InChI is InChI=1S/C48H32N3/c1-4-15-32(16-5-1)34-27-35(33-17-6-2-7-18-33)29-37(28-34)50-42-23-11-10-21-38(42)40-30-41-39-22-14-26-45-48(39)51(47(41)31-46(40)50)44-25-13-12-24-43(44)49(45)36-19-8-3-9-20-36/h1-31,44H/q+1. The Hall–Kier alpha value is -6.71. The molecule has 238 valence electrons. The van der Waals surface area contributed by atoms with Crippen molar-refractivity contribution in [1.29, 1.82) is 0 Å². The molecule has 1 aliphatic heterocycles. The minimum absolute atomic E-state index is 0.0616. The molecule has 2 aromatic heterocycles. The second-order valence-electron chi connectivity index (χ2n) is 13.6. The highest BCUT2D eigenvalue weighted by Crippen LogP contribution is 2.46. The predicted molar refractivity (Wildman–Crippen MR) is 215 cm³/mol. The van der Waals surface area contributed by atoms with Crippen molar-refractivity contribution in [2.45, 2.75) is 6.04 Å². The first kappa shape index (κ1) is 28.2. The lowest BCUT2D eigenvalue weighted by Gasteiger charge is -2.24. The van der Waals surface area contributed by atoms with E-state index in [4.69, 9.17) is 0 Å². The summed E-state index contributed by atoms with van der Waals surface area (Å²) in [4.78, 5) is 0. The van der Waals surface area contributed by atoms with E-state index in [0.717, 1.165) is 5.69 Å². The van der Waals surface area contributed by atoms with Gasteiger partial charge in [0.15, 0.2) is 0 Å². The second-order valence-corrected chi connectivity index (χ2v) is 13.6. The quantitative estimate of drug-likeness (QED) is 0.168. The Bertz CT molecular complexity index is 2880. The third-order valence-electron chi connectivity index (χ3n) is 10.8. The van der Waals surface area contributed by atoms with Crippen LogP contribution in [0.2, 0.25) is 0 Å². The summed E-state index contributed by atoms with van der Waals surface area (Å²) in [5, 5.41) is 5.08. The highest BCUT2D eigenvalue weighted by molar-refractivity contribution is 6.22. The average Bonchev–Trinajstić information content (AvgIpc) is 3.71. The van der Waals surface area contributed by atoms with Gasteiger partial charge >= 0.3 is 0 Å². The number of para-hydroxylation sites is 3. The van der Waals surface area contributed by atoms with Crippen LogP contribution in [0.3, 0.4) is 0 Å². The summed E-state index contributed by atoms with van der Waals surface area (Å²) in [5.41, 5.74) is 14.5. The predicted octanol–water partition coefficient (Wildman–Crippen LogP) is 12.2. The summed E-state index contributed by atoms with van der Waals surface area (Å²) in [7, 11) is 0. The van der Waals surface area contributed by atoms with Crippen LogP contribution in [-0.2, 0) is 0 Å². The summed E-state index contributed by atoms with van der Waals surface area (Å²) in [5.74, 6) is 0. The van der Waals surface area contributed by atoms with E-state index < -0.39 is 0 Å². The molecule has 7 aromatic carbocycles.